The molecule has 0 atom stereocenters. The van der Waals surface area contributed by atoms with Gasteiger partial charge in [-0.15, -0.1) is 0 Å². The predicted octanol–water partition coefficient (Wildman–Crippen LogP) is 4.70. The summed E-state index contributed by atoms with van der Waals surface area (Å²) in [5, 5.41) is 2.89. The Morgan fingerprint density at radius 3 is 2.43 bits per heavy atom. The third kappa shape index (κ3) is 3.96. The molecule has 1 heterocycles. The van der Waals surface area contributed by atoms with E-state index in [4.69, 9.17) is 0 Å². The molecule has 1 amide bonds. The zero-order valence-corrected chi connectivity index (χ0v) is 17.9. The van der Waals surface area contributed by atoms with E-state index in [0.29, 0.717) is 23.5 Å². The number of fused-ring (bicyclic) bond motifs is 1. The number of benzene rings is 3. The lowest BCUT2D eigenvalue weighted by atomic mass is 10.0. The van der Waals surface area contributed by atoms with Gasteiger partial charge in [-0.2, -0.15) is 0 Å². The van der Waals surface area contributed by atoms with Gasteiger partial charge in [-0.05, 0) is 68.7 Å². The molecule has 0 radical (unpaired) electrons. The molecule has 0 bridgehead atoms. The van der Waals surface area contributed by atoms with Crippen molar-refractivity contribution in [1.29, 1.82) is 0 Å². The van der Waals surface area contributed by atoms with Crippen LogP contribution in [0.1, 0.15) is 33.5 Å². The first-order chi connectivity index (χ1) is 14.3. The maximum Gasteiger partial charge on any atom is 0.264 e. The summed E-state index contributed by atoms with van der Waals surface area (Å²) in [6.07, 6.45) is 1.56. The average Bonchev–Trinajstić information content (AvgIpc) is 2.73. The average molecular weight is 421 g/mol. The van der Waals surface area contributed by atoms with Crippen LogP contribution >= 0.6 is 0 Å². The number of hydrogen-bond acceptors (Lipinski definition) is 3. The van der Waals surface area contributed by atoms with Crippen LogP contribution in [0.3, 0.4) is 0 Å². The van der Waals surface area contributed by atoms with Gasteiger partial charge in [0.1, 0.15) is 0 Å². The minimum Gasteiger partial charge on any atom is -0.322 e. The molecule has 4 rings (SSSR count). The van der Waals surface area contributed by atoms with Gasteiger partial charge in [0.2, 0.25) is 0 Å². The molecule has 1 aliphatic heterocycles. The molecule has 1 N–H and O–H groups in total. The monoisotopic (exact) mass is 420 g/mol. The van der Waals surface area contributed by atoms with Crippen LogP contribution in [-0.4, -0.2) is 20.9 Å². The molecule has 0 aromatic heterocycles. The minimum absolute atomic E-state index is 0.220. The number of anilines is 2. The largest absolute Gasteiger partial charge is 0.322 e. The van der Waals surface area contributed by atoms with E-state index in [1.807, 2.05) is 44.2 Å². The second kappa shape index (κ2) is 7.95. The van der Waals surface area contributed by atoms with Gasteiger partial charge in [-0.1, -0.05) is 41.5 Å². The summed E-state index contributed by atoms with van der Waals surface area (Å²) in [6, 6.07) is 19.7. The topological polar surface area (TPSA) is 66.5 Å². The molecule has 0 spiro atoms. The third-order valence-electron chi connectivity index (χ3n) is 5.31. The number of nitrogens with one attached hydrogen (secondary N) is 1. The summed E-state index contributed by atoms with van der Waals surface area (Å²) in [4.78, 5) is 12.9. The van der Waals surface area contributed by atoms with E-state index < -0.39 is 10.0 Å². The molecule has 0 saturated carbocycles. The van der Waals surface area contributed by atoms with E-state index >= 15 is 0 Å². The molecule has 154 valence electrons. The summed E-state index contributed by atoms with van der Waals surface area (Å²) < 4.78 is 28.0. The number of nitrogens with zero attached hydrogens (tertiary/aromatic N) is 1. The Labute approximate surface area is 177 Å². The van der Waals surface area contributed by atoms with Gasteiger partial charge in [0.15, 0.2) is 0 Å². The second-order valence-electron chi connectivity index (χ2n) is 7.66. The molecule has 30 heavy (non-hydrogen) atoms. The summed E-state index contributed by atoms with van der Waals surface area (Å²) in [7, 11) is -3.67. The molecular formula is C24H24N2O3S. The van der Waals surface area contributed by atoms with Crippen molar-refractivity contribution in [2.24, 2.45) is 0 Å². The van der Waals surface area contributed by atoms with Crippen LogP contribution in [0.4, 0.5) is 11.4 Å². The Balaban J connectivity index is 1.66. The highest BCUT2D eigenvalue weighted by molar-refractivity contribution is 7.92. The molecule has 5 nitrogen and oxygen atoms in total. The van der Waals surface area contributed by atoms with Gasteiger partial charge in [-0.3, -0.25) is 9.10 Å². The molecule has 6 heteroatoms. The molecule has 3 aromatic carbocycles. The summed E-state index contributed by atoms with van der Waals surface area (Å²) >= 11 is 0. The molecule has 0 fully saturated rings. The van der Waals surface area contributed by atoms with Crippen molar-refractivity contribution in [3.63, 3.8) is 0 Å². The van der Waals surface area contributed by atoms with Crippen LogP contribution in [0.5, 0.6) is 0 Å². The van der Waals surface area contributed by atoms with E-state index in [-0.39, 0.29) is 10.8 Å². The number of sulfonamides is 1. The Kier molecular flexibility index (Phi) is 5.35. The van der Waals surface area contributed by atoms with Crippen molar-refractivity contribution in [3.05, 3.63) is 89.0 Å². The molecule has 0 saturated heterocycles. The molecular weight excluding hydrogens is 396 g/mol. The number of hydrogen-bond donors (Lipinski definition) is 1. The number of amides is 1. The van der Waals surface area contributed by atoms with E-state index in [1.54, 1.807) is 36.4 Å². The van der Waals surface area contributed by atoms with E-state index in [2.05, 4.69) is 5.32 Å². The van der Waals surface area contributed by atoms with Gasteiger partial charge < -0.3 is 5.32 Å². The van der Waals surface area contributed by atoms with Crippen molar-refractivity contribution in [2.75, 3.05) is 16.2 Å². The highest BCUT2D eigenvalue weighted by Gasteiger charge is 2.29. The molecule has 0 unspecified atom stereocenters. The van der Waals surface area contributed by atoms with Gasteiger partial charge in [0.05, 0.1) is 10.6 Å². The number of aryl methyl sites for hydroxylation is 3. The fourth-order valence-corrected chi connectivity index (χ4v) is 5.23. The smallest absolute Gasteiger partial charge is 0.264 e. The van der Waals surface area contributed by atoms with E-state index in [1.165, 1.54) is 4.31 Å². The lowest BCUT2D eigenvalue weighted by molar-refractivity contribution is 0.102. The predicted molar refractivity (Wildman–Crippen MR) is 120 cm³/mol. The number of rotatable bonds is 4. The van der Waals surface area contributed by atoms with Crippen molar-refractivity contribution in [3.8, 4) is 0 Å². The van der Waals surface area contributed by atoms with Crippen molar-refractivity contribution in [2.45, 2.75) is 31.6 Å². The number of carbonyl (C=O) groups is 1. The van der Waals surface area contributed by atoms with Gasteiger partial charge >= 0.3 is 0 Å². The lowest BCUT2D eigenvalue weighted by Crippen LogP contribution is -2.35. The van der Waals surface area contributed by atoms with Crippen LogP contribution in [0.25, 0.3) is 0 Å². The van der Waals surface area contributed by atoms with Crippen molar-refractivity contribution >= 4 is 27.3 Å². The standard InChI is InChI=1S/C24H24N2O3S/c1-17-8-12-22(13-9-17)30(28,29)26-14-4-7-19-10-11-21(16-23(19)26)25-24(27)20-6-3-5-18(2)15-20/h3,5-6,8-13,15-16H,4,7,14H2,1-2H3,(H,25,27). The first-order valence-electron chi connectivity index (χ1n) is 9.95. The van der Waals surface area contributed by atoms with E-state index in [0.717, 1.165) is 29.5 Å². The maximum atomic E-state index is 13.3. The SMILES string of the molecule is Cc1ccc(S(=O)(=O)N2CCCc3ccc(NC(=O)c4cccc(C)c4)cc32)cc1. The van der Waals surface area contributed by atoms with Crippen LogP contribution < -0.4 is 9.62 Å². The summed E-state index contributed by atoms with van der Waals surface area (Å²) in [5.41, 5.74) is 4.75. The van der Waals surface area contributed by atoms with Gasteiger partial charge in [0, 0.05) is 17.8 Å². The quantitative estimate of drug-likeness (QED) is 0.665. The lowest BCUT2D eigenvalue weighted by Gasteiger charge is -2.31. The fraction of sp³-hybridized carbons (Fsp3) is 0.208. The Morgan fingerprint density at radius 1 is 0.933 bits per heavy atom. The van der Waals surface area contributed by atoms with Crippen LogP contribution in [0.15, 0.2) is 71.6 Å². The zero-order valence-electron chi connectivity index (χ0n) is 17.1. The normalized spacial score (nSPS) is 13.6. The van der Waals surface area contributed by atoms with Gasteiger partial charge in [0.25, 0.3) is 15.9 Å². The molecule has 1 aliphatic rings. The van der Waals surface area contributed by atoms with Crippen molar-refractivity contribution in [1.82, 2.24) is 0 Å². The van der Waals surface area contributed by atoms with Crippen LogP contribution in [0.2, 0.25) is 0 Å². The second-order valence-corrected chi connectivity index (χ2v) is 9.52. The Hall–Kier alpha value is -3.12. The number of carbonyl (C=O) groups excluding carboxylic acids is 1. The Bertz CT molecular complexity index is 1200. The first kappa shape index (κ1) is 20.2. The highest BCUT2D eigenvalue weighted by atomic mass is 32.2. The maximum absolute atomic E-state index is 13.3. The van der Waals surface area contributed by atoms with Crippen LogP contribution in [0, 0.1) is 13.8 Å². The highest BCUT2D eigenvalue weighted by Crippen LogP contribution is 2.34. The fourth-order valence-electron chi connectivity index (χ4n) is 3.70. The third-order valence-corrected chi connectivity index (χ3v) is 7.14. The molecule has 3 aromatic rings. The van der Waals surface area contributed by atoms with Crippen LogP contribution in [-0.2, 0) is 16.4 Å². The van der Waals surface area contributed by atoms with E-state index in [9.17, 15) is 13.2 Å². The first-order valence-corrected chi connectivity index (χ1v) is 11.4. The molecule has 0 aliphatic carbocycles. The summed E-state index contributed by atoms with van der Waals surface area (Å²) in [6.45, 7) is 4.28. The van der Waals surface area contributed by atoms with Crippen molar-refractivity contribution < 1.29 is 13.2 Å². The zero-order chi connectivity index (χ0) is 21.3. The Morgan fingerprint density at radius 2 is 1.70 bits per heavy atom. The van der Waals surface area contributed by atoms with Gasteiger partial charge in [-0.25, -0.2) is 8.42 Å². The minimum atomic E-state index is -3.67. The summed E-state index contributed by atoms with van der Waals surface area (Å²) in [5.74, 6) is -0.220.